The molecule has 1 unspecified atom stereocenters. The molecule has 0 saturated carbocycles. The van der Waals surface area contributed by atoms with Crippen LogP contribution in [0, 0.1) is 5.92 Å². The zero-order valence-electron chi connectivity index (χ0n) is 11.7. The minimum absolute atomic E-state index is 0.00983. The van der Waals surface area contributed by atoms with Crippen molar-refractivity contribution in [1.29, 1.82) is 0 Å². The number of benzene rings is 1. The smallest absolute Gasteiger partial charge is 0.230 e. The van der Waals surface area contributed by atoms with Gasteiger partial charge in [0.25, 0.3) is 0 Å². The molecule has 4 N–H and O–H groups in total. The standard InChI is InChI=1S/C13H19N3O3S2/c1-15-21(18,19)8-7-16-13(17)11(12(14)20)9-10-5-3-2-4-6-10/h2-6,11,15H,7-9H2,1H3,(H2,14,20)(H,16,17). The molecule has 0 spiro atoms. The third-order valence-electron chi connectivity index (χ3n) is 2.92. The molecule has 0 aliphatic rings. The number of hydrogen-bond acceptors (Lipinski definition) is 4. The molecular weight excluding hydrogens is 310 g/mol. The van der Waals surface area contributed by atoms with Crippen molar-refractivity contribution in [3.8, 4) is 0 Å². The van der Waals surface area contributed by atoms with Crippen molar-refractivity contribution in [2.75, 3.05) is 19.3 Å². The van der Waals surface area contributed by atoms with Crippen molar-refractivity contribution in [2.24, 2.45) is 11.7 Å². The lowest BCUT2D eigenvalue weighted by atomic mass is 9.98. The van der Waals surface area contributed by atoms with E-state index in [2.05, 4.69) is 10.0 Å². The number of thiocarbonyl (C=S) groups is 1. The summed E-state index contributed by atoms with van der Waals surface area (Å²) in [6.07, 6.45) is 0.390. The maximum Gasteiger partial charge on any atom is 0.230 e. The van der Waals surface area contributed by atoms with Gasteiger partial charge in [0.15, 0.2) is 0 Å². The first kappa shape index (κ1) is 17.5. The Morgan fingerprint density at radius 2 is 1.95 bits per heavy atom. The van der Waals surface area contributed by atoms with Gasteiger partial charge in [-0.3, -0.25) is 4.79 Å². The highest BCUT2D eigenvalue weighted by Gasteiger charge is 2.22. The van der Waals surface area contributed by atoms with E-state index in [9.17, 15) is 13.2 Å². The monoisotopic (exact) mass is 329 g/mol. The molecule has 1 amide bonds. The van der Waals surface area contributed by atoms with Crippen LogP contribution in [0.15, 0.2) is 30.3 Å². The van der Waals surface area contributed by atoms with E-state index >= 15 is 0 Å². The van der Waals surface area contributed by atoms with Gasteiger partial charge in [0.05, 0.1) is 16.7 Å². The molecule has 0 aliphatic carbocycles. The van der Waals surface area contributed by atoms with Crippen molar-refractivity contribution in [1.82, 2.24) is 10.0 Å². The molecule has 0 radical (unpaired) electrons. The molecular formula is C13H19N3O3S2. The van der Waals surface area contributed by atoms with Crippen LogP contribution in [0.4, 0.5) is 0 Å². The van der Waals surface area contributed by atoms with Crippen molar-refractivity contribution in [3.05, 3.63) is 35.9 Å². The Kier molecular flexibility index (Phi) is 6.73. The average molecular weight is 329 g/mol. The van der Waals surface area contributed by atoms with Gasteiger partial charge in [0.1, 0.15) is 0 Å². The number of carbonyl (C=O) groups excluding carboxylic acids is 1. The Morgan fingerprint density at radius 3 is 2.48 bits per heavy atom. The van der Waals surface area contributed by atoms with E-state index in [0.717, 1.165) is 5.56 Å². The molecule has 8 heteroatoms. The Labute approximate surface area is 130 Å². The fourth-order valence-electron chi connectivity index (χ4n) is 1.71. The maximum atomic E-state index is 12.1. The zero-order chi connectivity index (χ0) is 15.9. The summed E-state index contributed by atoms with van der Waals surface area (Å²) in [6, 6.07) is 9.36. The van der Waals surface area contributed by atoms with Crippen LogP contribution in [0.2, 0.25) is 0 Å². The number of hydrogen-bond donors (Lipinski definition) is 3. The predicted molar refractivity (Wildman–Crippen MR) is 86.3 cm³/mol. The highest BCUT2D eigenvalue weighted by Crippen LogP contribution is 2.09. The first-order valence-corrected chi connectivity index (χ1v) is 8.44. The van der Waals surface area contributed by atoms with E-state index in [1.165, 1.54) is 7.05 Å². The summed E-state index contributed by atoms with van der Waals surface area (Å²) in [6.45, 7) is 0.00983. The van der Waals surface area contributed by atoms with E-state index in [1.807, 2.05) is 30.3 Å². The molecule has 0 fully saturated rings. The van der Waals surface area contributed by atoms with Crippen LogP contribution in [0.5, 0.6) is 0 Å². The topological polar surface area (TPSA) is 101 Å². The van der Waals surface area contributed by atoms with Gasteiger partial charge >= 0.3 is 0 Å². The highest BCUT2D eigenvalue weighted by atomic mass is 32.2. The van der Waals surface area contributed by atoms with Gasteiger partial charge in [0.2, 0.25) is 15.9 Å². The lowest BCUT2D eigenvalue weighted by Crippen LogP contribution is -2.41. The summed E-state index contributed by atoms with van der Waals surface area (Å²) >= 11 is 4.93. The number of nitrogens with one attached hydrogen (secondary N) is 2. The summed E-state index contributed by atoms with van der Waals surface area (Å²) in [5, 5.41) is 2.55. The van der Waals surface area contributed by atoms with Gasteiger partial charge < -0.3 is 11.1 Å². The second kappa shape index (κ2) is 8.06. The second-order valence-electron chi connectivity index (χ2n) is 4.46. The van der Waals surface area contributed by atoms with Crippen LogP contribution in [0.3, 0.4) is 0 Å². The zero-order valence-corrected chi connectivity index (χ0v) is 13.3. The molecule has 1 atom stereocenters. The van der Waals surface area contributed by atoms with Crippen LogP contribution < -0.4 is 15.8 Å². The molecule has 0 saturated heterocycles. The van der Waals surface area contributed by atoms with Crippen molar-refractivity contribution >= 4 is 33.1 Å². The molecule has 21 heavy (non-hydrogen) atoms. The Balaban J connectivity index is 2.60. The number of nitrogens with two attached hydrogens (primary N) is 1. The number of amides is 1. The SMILES string of the molecule is CNS(=O)(=O)CCNC(=O)C(Cc1ccccc1)C(N)=S. The van der Waals surface area contributed by atoms with Crippen LogP contribution >= 0.6 is 12.2 Å². The van der Waals surface area contributed by atoms with Crippen molar-refractivity contribution < 1.29 is 13.2 Å². The van der Waals surface area contributed by atoms with Crippen LogP contribution in [0.1, 0.15) is 5.56 Å². The fourth-order valence-corrected chi connectivity index (χ4v) is 2.47. The summed E-state index contributed by atoms with van der Waals surface area (Å²) in [7, 11) is -2.03. The second-order valence-corrected chi connectivity index (χ2v) is 6.98. The van der Waals surface area contributed by atoms with E-state index < -0.39 is 15.9 Å². The molecule has 0 bridgehead atoms. The van der Waals surface area contributed by atoms with Gasteiger partial charge in [-0.25, -0.2) is 13.1 Å². The predicted octanol–water partition coefficient (Wildman–Crippen LogP) is -0.203. The number of sulfonamides is 1. The molecule has 1 rings (SSSR count). The third-order valence-corrected chi connectivity index (χ3v) is 4.57. The normalized spacial score (nSPS) is 12.6. The molecule has 1 aromatic rings. The summed E-state index contributed by atoms with van der Waals surface area (Å²) in [4.78, 5) is 12.2. The minimum Gasteiger partial charge on any atom is -0.393 e. The largest absolute Gasteiger partial charge is 0.393 e. The van der Waals surface area contributed by atoms with Gasteiger partial charge in [-0.15, -0.1) is 0 Å². The van der Waals surface area contributed by atoms with Crippen molar-refractivity contribution in [3.63, 3.8) is 0 Å². The van der Waals surface area contributed by atoms with E-state index in [4.69, 9.17) is 18.0 Å². The lowest BCUT2D eigenvalue weighted by molar-refractivity contribution is -0.122. The van der Waals surface area contributed by atoms with Crippen molar-refractivity contribution in [2.45, 2.75) is 6.42 Å². The molecule has 0 aliphatic heterocycles. The number of carbonyl (C=O) groups is 1. The highest BCUT2D eigenvalue weighted by molar-refractivity contribution is 7.89. The van der Waals surface area contributed by atoms with Gasteiger partial charge in [-0.05, 0) is 19.0 Å². The van der Waals surface area contributed by atoms with Crippen LogP contribution in [-0.2, 0) is 21.2 Å². The first-order chi connectivity index (χ1) is 9.85. The number of rotatable bonds is 8. The average Bonchev–Trinajstić information content (AvgIpc) is 2.45. The Bertz CT molecular complexity index is 588. The Morgan fingerprint density at radius 1 is 1.33 bits per heavy atom. The quantitative estimate of drug-likeness (QED) is 0.573. The minimum atomic E-state index is -3.35. The lowest BCUT2D eigenvalue weighted by Gasteiger charge is -2.15. The summed E-state index contributed by atoms with van der Waals surface area (Å²) < 4.78 is 24.7. The molecule has 116 valence electrons. The maximum absolute atomic E-state index is 12.1. The Hall–Kier alpha value is -1.51. The van der Waals surface area contributed by atoms with E-state index in [-0.39, 0.29) is 23.2 Å². The van der Waals surface area contributed by atoms with Gasteiger partial charge in [-0.2, -0.15) is 0 Å². The molecule has 0 heterocycles. The molecule has 0 aromatic heterocycles. The van der Waals surface area contributed by atoms with Gasteiger partial charge in [-0.1, -0.05) is 42.5 Å². The van der Waals surface area contributed by atoms with E-state index in [1.54, 1.807) is 0 Å². The van der Waals surface area contributed by atoms with E-state index in [0.29, 0.717) is 6.42 Å². The first-order valence-electron chi connectivity index (χ1n) is 6.38. The third kappa shape index (κ3) is 6.19. The van der Waals surface area contributed by atoms with Crippen LogP contribution in [-0.4, -0.2) is 38.7 Å². The molecule has 1 aromatic carbocycles. The summed E-state index contributed by atoms with van der Waals surface area (Å²) in [5.41, 5.74) is 6.55. The molecule has 6 nitrogen and oxygen atoms in total. The summed E-state index contributed by atoms with van der Waals surface area (Å²) in [5.74, 6) is -1.21. The van der Waals surface area contributed by atoms with Crippen LogP contribution in [0.25, 0.3) is 0 Å². The van der Waals surface area contributed by atoms with Gasteiger partial charge in [0, 0.05) is 6.54 Å². The fraction of sp³-hybridized carbons (Fsp3) is 0.385.